The van der Waals surface area contributed by atoms with Crippen LogP contribution in [0.2, 0.25) is 0 Å². The van der Waals surface area contributed by atoms with Crippen molar-refractivity contribution in [3.8, 4) is 0 Å². The fourth-order valence-corrected chi connectivity index (χ4v) is 1.80. The minimum atomic E-state index is -4.17. The Morgan fingerprint density at radius 1 is 1.50 bits per heavy atom. The Labute approximate surface area is 81.7 Å². The zero-order valence-electron chi connectivity index (χ0n) is 7.94. The highest BCUT2D eigenvalue weighted by atomic mass is 32.2. The molecule has 5 nitrogen and oxygen atoms in total. The second-order valence-electron chi connectivity index (χ2n) is 3.20. The maximum atomic E-state index is 12.7. The summed E-state index contributed by atoms with van der Waals surface area (Å²) in [5, 5.41) is 13.0. The number of halogens is 2. The first-order chi connectivity index (χ1) is 6.10. The highest BCUT2D eigenvalue weighted by Gasteiger charge is 2.35. The molecule has 0 aliphatic carbocycles. The van der Waals surface area contributed by atoms with Gasteiger partial charge in [0.15, 0.2) is 0 Å². The summed E-state index contributed by atoms with van der Waals surface area (Å²) in [5.74, 6) is -3.48. The number of rotatable bonds is 5. The molecule has 0 saturated heterocycles. The molecule has 0 aliphatic rings. The number of nitrogens with two attached hydrogens (primary N) is 1. The molecule has 8 heteroatoms. The lowest BCUT2D eigenvalue weighted by Crippen LogP contribution is -2.48. The van der Waals surface area contributed by atoms with Gasteiger partial charge in [0.2, 0.25) is 0 Å². The van der Waals surface area contributed by atoms with E-state index in [1.165, 1.54) is 13.8 Å². The number of aliphatic hydroxyl groups excluding tert-OH is 1. The van der Waals surface area contributed by atoms with Crippen LogP contribution in [-0.4, -0.2) is 42.9 Å². The van der Waals surface area contributed by atoms with Crippen molar-refractivity contribution in [2.75, 3.05) is 13.2 Å². The molecule has 0 atom stereocenters. The van der Waals surface area contributed by atoms with E-state index in [-0.39, 0.29) is 0 Å². The van der Waals surface area contributed by atoms with E-state index in [1.54, 1.807) is 0 Å². The standard InChI is InChI=1S/C6H14F2N2O3S/c1-5(2)10(14(9,12)13)3-6(7,8)4-11/h5,11H,3-4H2,1-2H3,(H2,9,12,13). The summed E-state index contributed by atoms with van der Waals surface area (Å²) in [6.07, 6.45) is 0. The zero-order valence-corrected chi connectivity index (χ0v) is 8.76. The Kier molecular flexibility index (Phi) is 4.37. The fourth-order valence-electron chi connectivity index (χ4n) is 0.844. The molecule has 0 aliphatic heterocycles. The number of hydrogen-bond donors (Lipinski definition) is 2. The molecule has 0 heterocycles. The largest absolute Gasteiger partial charge is 0.390 e. The van der Waals surface area contributed by atoms with Crippen LogP contribution >= 0.6 is 0 Å². The molecule has 0 aromatic rings. The SMILES string of the molecule is CC(C)N(CC(F)(F)CO)S(N)(=O)=O. The van der Waals surface area contributed by atoms with Gasteiger partial charge in [0.05, 0.1) is 6.54 Å². The van der Waals surface area contributed by atoms with E-state index >= 15 is 0 Å². The normalized spacial score (nSPS) is 14.0. The lowest BCUT2D eigenvalue weighted by Gasteiger charge is -2.26. The van der Waals surface area contributed by atoms with Gasteiger partial charge in [-0.25, -0.2) is 13.9 Å². The summed E-state index contributed by atoms with van der Waals surface area (Å²) in [7, 11) is -4.17. The van der Waals surface area contributed by atoms with Crippen molar-refractivity contribution >= 4 is 10.2 Å². The predicted octanol–water partition coefficient (Wildman–Crippen LogP) is -0.472. The van der Waals surface area contributed by atoms with E-state index in [0.717, 1.165) is 0 Å². The van der Waals surface area contributed by atoms with E-state index in [4.69, 9.17) is 10.2 Å². The highest BCUT2D eigenvalue weighted by molar-refractivity contribution is 7.86. The van der Waals surface area contributed by atoms with Crippen LogP contribution in [0.1, 0.15) is 13.8 Å². The smallest absolute Gasteiger partial charge is 0.284 e. The van der Waals surface area contributed by atoms with Gasteiger partial charge < -0.3 is 5.11 Å². The van der Waals surface area contributed by atoms with Crippen LogP contribution in [0.3, 0.4) is 0 Å². The maximum absolute atomic E-state index is 12.7. The van der Waals surface area contributed by atoms with Gasteiger partial charge >= 0.3 is 0 Å². The average molecular weight is 232 g/mol. The number of aliphatic hydroxyl groups is 1. The van der Waals surface area contributed by atoms with E-state index in [0.29, 0.717) is 4.31 Å². The predicted molar refractivity (Wildman–Crippen MR) is 47.0 cm³/mol. The molecule has 0 radical (unpaired) electrons. The minimum absolute atomic E-state index is 0.434. The van der Waals surface area contributed by atoms with Gasteiger partial charge in [0.1, 0.15) is 6.61 Å². The van der Waals surface area contributed by atoms with E-state index in [1.807, 2.05) is 0 Å². The number of hydrogen-bond acceptors (Lipinski definition) is 3. The molecule has 0 fully saturated rings. The van der Waals surface area contributed by atoms with Gasteiger partial charge in [-0.05, 0) is 13.8 Å². The van der Waals surface area contributed by atoms with Crippen LogP contribution in [-0.2, 0) is 10.2 Å². The van der Waals surface area contributed by atoms with Gasteiger partial charge in [0, 0.05) is 6.04 Å². The maximum Gasteiger partial charge on any atom is 0.284 e. The van der Waals surface area contributed by atoms with Crippen molar-refractivity contribution in [1.29, 1.82) is 0 Å². The van der Waals surface area contributed by atoms with Gasteiger partial charge in [-0.2, -0.15) is 12.7 Å². The first kappa shape index (κ1) is 13.7. The van der Waals surface area contributed by atoms with Crippen molar-refractivity contribution in [3.63, 3.8) is 0 Å². The average Bonchev–Trinajstić information content (AvgIpc) is 1.98. The summed E-state index contributed by atoms with van der Waals surface area (Å²) in [6.45, 7) is 0.307. The van der Waals surface area contributed by atoms with E-state index < -0.39 is 35.3 Å². The van der Waals surface area contributed by atoms with Crippen LogP contribution in [0.15, 0.2) is 0 Å². The lowest BCUT2D eigenvalue weighted by atomic mass is 10.3. The van der Waals surface area contributed by atoms with E-state index in [9.17, 15) is 17.2 Å². The monoisotopic (exact) mass is 232 g/mol. The van der Waals surface area contributed by atoms with Gasteiger partial charge in [-0.1, -0.05) is 0 Å². The summed E-state index contributed by atoms with van der Waals surface area (Å²) in [6, 6.07) is -0.678. The van der Waals surface area contributed by atoms with Crippen LogP contribution in [0, 0.1) is 0 Å². The molecule has 0 aromatic heterocycles. The van der Waals surface area contributed by atoms with Crippen molar-refractivity contribution < 1.29 is 22.3 Å². The highest BCUT2D eigenvalue weighted by Crippen LogP contribution is 2.17. The summed E-state index contributed by atoms with van der Waals surface area (Å²) < 4.78 is 47.5. The number of alkyl halides is 2. The Morgan fingerprint density at radius 2 is 1.93 bits per heavy atom. The van der Waals surface area contributed by atoms with Crippen LogP contribution < -0.4 is 5.14 Å². The van der Waals surface area contributed by atoms with Crippen molar-refractivity contribution in [3.05, 3.63) is 0 Å². The molecule has 0 saturated carbocycles. The first-order valence-corrected chi connectivity index (χ1v) is 5.39. The van der Waals surface area contributed by atoms with Crippen molar-refractivity contribution in [2.45, 2.75) is 25.8 Å². The third kappa shape index (κ3) is 4.27. The van der Waals surface area contributed by atoms with E-state index in [2.05, 4.69) is 0 Å². The third-order valence-corrected chi connectivity index (χ3v) is 2.73. The zero-order chi connectivity index (χ0) is 11.6. The lowest BCUT2D eigenvalue weighted by molar-refractivity contribution is -0.0633. The fraction of sp³-hybridized carbons (Fsp3) is 1.00. The molecular formula is C6H14F2N2O3S. The topological polar surface area (TPSA) is 83.6 Å². The Bertz CT molecular complexity index is 279. The van der Waals surface area contributed by atoms with Crippen molar-refractivity contribution in [2.24, 2.45) is 5.14 Å². The molecule has 0 rings (SSSR count). The molecule has 14 heavy (non-hydrogen) atoms. The van der Waals surface area contributed by atoms with Gasteiger partial charge in [-0.3, -0.25) is 0 Å². The van der Waals surface area contributed by atoms with Crippen LogP contribution in [0.4, 0.5) is 8.78 Å². The minimum Gasteiger partial charge on any atom is -0.390 e. The van der Waals surface area contributed by atoms with Crippen molar-refractivity contribution in [1.82, 2.24) is 4.31 Å². The van der Waals surface area contributed by atoms with Crippen LogP contribution in [0.5, 0.6) is 0 Å². The second kappa shape index (κ2) is 4.47. The Balaban J connectivity index is 4.73. The third-order valence-electron chi connectivity index (χ3n) is 1.52. The molecule has 0 amide bonds. The molecule has 0 aromatic carbocycles. The quantitative estimate of drug-likeness (QED) is 0.672. The van der Waals surface area contributed by atoms with Gasteiger partial charge in [-0.15, -0.1) is 0 Å². The molecular weight excluding hydrogens is 218 g/mol. The van der Waals surface area contributed by atoms with Crippen LogP contribution in [0.25, 0.3) is 0 Å². The molecule has 3 N–H and O–H groups in total. The molecule has 0 spiro atoms. The summed E-state index contributed by atoms with van der Waals surface area (Å²) >= 11 is 0. The summed E-state index contributed by atoms with van der Waals surface area (Å²) in [5.41, 5.74) is 0. The summed E-state index contributed by atoms with van der Waals surface area (Å²) in [4.78, 5) is 0. The molecule has 0 bridgehead atoms. The molecule has 0 unspecified atom stereocenters. The first-order valence-electron chi connectivity index (χ1n) is 3.88. The Hall–Kier alpha value is -0.310. The Morgan fingerprint density at radius 3 is 2.14 bits per heavy atom. The second-order valence-corrected chi connectivity index (χ2v) is 4.70. The van der Waals surface area contributed by atoms with Gasteiger partial charge in [0.25, 0.3) is 16.1 Å². The molecule has 86 valence electrons. The number of nitrogens with zero attached hydrogens (tertiary/aromatic N) is 1.